The fourth-order valence-corrected chi connectivity index (χ4v) is 2.29. The third-order valence-corrected chi connectivity index (χ3v) is 3.26. The molecule has 0 bridgehead atoms. The summed E-state index contributed by atoms with van der Waals surface area (Å²) in [4.78, 5) is 29.6. The zero-order chi connectivity index (χ0) is 16.5. The molecule has 0 unspecified atom stereocenters. The van der Waals surface area contributed by atoms with E-state index < -0.39 is 17.7 Å². The lowest BCUT2D eigenvalue weighted by molar-refractivity contribution is -0.136. The van der Waals surface area contributed by atoms with Crippen LogP contribution >= 0.6 is 11.6 Å². The summed E-state index contributed by atoms with van der Waals surface area (Å²) in [5.41, 5.74) is 0.526. The van der Waals surface area contributed by atoms with E-state index in [9.17, 15) is 9.59 Å². The van der Waals surface area contributed by atoms with Gasteiger partial charge in [-0.3, -0.25) is 0 Å². The second-order valence-electron chi connectivity index (χ2n) is 5.70. The van der Waals surface area contributed by atoms with Gasteiger partial charge >= 0.3 is 12.1 Å². The standard InChI is InChI=1S/C15H17ClN2O4/c1-15(2,3)22-14(20)18-10-7-8-17-12(16)9(10)5-6-11(18)13(19)21-4/h6-8H,5H2,1-4H3. The van der Waals surface area contributed by atoms with Crippen molar-refractivity contribution in [2.45, 2.75) is 32.8 Å². The number of methoxy groups -OCH3 is 1. The first kappa shape index (κ1) is 16.3. The van der Waals surface area contributed by atoms with Gasteiger partial charge in [-0.2, -0.15) is 0 Å². The van der Waals surface area contributed by atoms with Crippen LogP contribution in [0.5, 0.6) is 0 Å². The number of nitrogens with zero attached hydrogens (tertiary/aromatic N) is 2. The molecule has 6 nitrogen and oxygen atoms in total. The number of carbonyl (C=O) groups excluding carboxylic acids is 2. The maximum absolute atomic E-state index is 12.5. The number of rotatable bonds is 1. The number of anilines is 1. The third kappa shape index (κ3) is 3.22. The number of allylic oxidation sites excluding steroid dienone is 1. The van der Waals surface area contributed by atoms with Gasteiger partial charge in [0, 0.05) is 11.8 Å². The van der Waals surface area contributed by atoms with Gasteiger partial charge in [-0.1, -0.05) is 11.6 Å². The van der Waals surface area contributed by atoms with Gasteiger partial charge in [-0.25, -0.2) is 19.5 Å². The largest absolute Gasteiger partial charge is 0.464 e. The number of fused-ring (bicyclic) bond motifs is 1. The maximum atomic E-state index is 12.5. The Hall–Kier alpha value is -2.08. The summed E-state index contributed by atoms with van der Waals surface area (Å²) in [6.45, 7) is 5.24. The van der Waals surface area contributed by atoms with E-state index in [4.69, 9.17) is 21.1 Å². The van der Waals surface area contributed by atoms with Crippen molar-refractivity contribution in [1.82, 2.24) is 4.98 Å². The van der Waals surface area contributed by atoms with Gasteiger partial charge in [0.2, 0.25) is 0 Å². The number of esters is 1. The smallest absolute Gasteiger partial charge is 0.419 e. The Morgan fingerprint density at radius 2 is 2.05 bits per heavy atom. The molecule has 0 saturated carbocycles. The number of hydrogen-bond acceptors (Lipinski definition) is 5. The molecule has 0 spiro atoms. The predicted octanol–water partition coefficient (Wildman–Crippen LogP) is 3.09. The average Bonchev–Trinajstić information content (AvgIpc) is 2.43. The highest BCUT2D eigenvalue weighted by Gasteiger charge is 2.34. The lowest BCUT2D eigenvalue weighted by Gasteiger charge is -2.31. The first-order chi connectivity index (χ1) is 10.2. The van der Waals surface area contributed by atoms with Crippen LogP contribution in [0, 0.1) is 0 Å². The van der Waals surface area contributed by atoms with Gasteiger partial charge in [-0.15, -0.1) is 0 Å². The van der Waals surface area contributed by atoms with Crippen molar-refractivity contribution >= 4 is 29.4 Å². The molecule has 1 aliphatic rings. The monoisotopic (exact) mass is 324 g/mol. The number of ether oxygens (including phenoxy) is 2. The van der Waals surface area contributed by atoms with Crippen LogP contribution in [0.15, 0.2) is 24.0 Å². The molecule has 0 saturated heterocycles. The summed E-state index contributed by atoms with van der Waals surface area (Å²) < 4.78 is 10.1. The van der Waals surface area contributed by atoms with Crippen molar-refractivity contribution in [2.24, 2.45) is 0 Å². The minimum atomic E-state index is -0.702. The number of aromatic nitrogens is 1. The van der Waals surface area contributed by atoms with Crippen LogP contribution in [0.2, 0.25) is 5.15 Å². The Balaban J connectivity index is 2.49. The summed E-state index contributed by atoms with van der Waals surface area (Å²) in [7, 11) is 1.26. The molecule has 0 aromatic carbocycles. The molecule has 1 aromatic rings. The van der Waals surface area contributed by atoms with Crippen LogP contribution in [0.3, 0.4) is 0 Å². The molecule has 0 atom stereocenters. The Labute approximate surface area is 133 Å². The number of halogens is 1. The Kier molecular flexibility index (Phi) is 4.42. The molecule has 0 N–H and O–H groups in total. The highest BCUT2D eigenvalue weighted by molar-refractivity contribution is 6.30. The first-order valence-corrected chi connectivity index (χ1v) is 7.07. The van der Waals surface area contributed by atoms with E-state index in [0.717, 1.165) is 0 Å². The van der Waals surface area contributed by atoms with E-state index >= 15 is 0 Å². The van der Waals surface area contributed by atoms with Crippen molar-refractivity contribution in [3.63, 3.8) is 0 Å². The van der Waals surface area contributed by atoms with Crippen LogP contribution in [0.4, 0.5) is 10.5 Å². The van der Waals surface area contributed by atoms with Crippen molar-refractivity contribution < 1.29 is 19.1 Å². The van der Waals surface area contributed by atoms with E-state index in [1.54, 1.807) is 32.9 Å². The number of carbonyl (C=O) groups is 2. The van der Waals surface area contributed by atoms with Gasteiger partial charge in [0.05, 0.1) is 12.8 Å². The van der Waals surface area contributed by atoms with E-state index in [-0.39, 0.29) is 10.9 Å². The fourth-order valence-electron chi connectivity index (χ4n) is 2.06. The maximum Gasteiger partial charge on any atom is 0.419 e. The van der Waals surface area contributed by atoms with Gasteiger partial charge in [0.15, 0.2) is 0 Å². The second kappa shape index (κ2) is 5.96. The highest BCUT2D eigenvalue weighted by atomic mass is 35.5. The fraction of sp³-hybridized carbons (Fsp3) is 0.400. The minimum absolute atomic E-state index is 0.103. The van der Waals surface area contributed by atoms with E-state index in [1.807, 2.05) is 0 Å². The predicted molar refractivity (Wildman–Crippen MR) is 81.8 cm³/mol. The molecule has 118 valence electrons. The van der Waals surface area contributed by atoms with Crippen molar-refractivity contribution in [3.8, 4) is 0 Å². The van der Waals surface area contributed by atoms with E-state index in [0.29, 0.717) is 17.7 Å². The summed E-state index contributed by atoms with van der Waals surface area (Å²) in [6.07, 6.45) is 2.75. The van der Waals surface area contributed by atoms with Crippen LogP contribution in [0.1, 0.15) is 26.3 Å². The summed E-state index contributed by atoms with van der Waals surface area (Å²) in [5.74, 6) is -0.621. The van der Waals surface area contributed by atoms with E-state index in [2.05, 4.69) is 4.98 Å². The summed E-state index contributed by atoms with van der Waals surface area (Å²) in [5, 5.41) is 0.284. The average molecular weight is 325 g/mol. The topological polar surface area (TPSA) is 68.7 Å². The van der Waals surface area contributed by atoms with Crippen molar-refractivity contribution in [1.29, 1.82) is 0 Å². The molecule has 7 heteroatoms. The zero-order valence-electron chi connectivity index (χ0n) is 12.8. The summed E-state index contributed by atoms with van der Waals surface area (Å²) >= 11 is 6.07. The second-order valence-corrected chi connectivity index (χ2v) is 6.06. The zero-order valence-corrected chi connectivity index (χ0v) is 13.6. The van der Waals surface area contributed by atoms with Gasteiger partial charge in [-0.05, 0) is 39.3 Å². The Morgan fingerprint density at radius 3 is 2.64 bits per heavy atom. The minimum Gasteiger partial charge on any atom is -0.464 e. The molecule has 2 heterocycles. The van der Waals surface area contributed by atoms with Gasteiger partial charge < -0.3 is 9.47 Å². The van der Waals surface area contributed by atoms with Gasteiger partial charge in [0.25, 0.3) is 0 Å². The van der Waals surface area contributed by atoms with Crippen molar-refractivity contribution in [2.75, 3.05) is 12.0 Å². The molecule has 1 amide bonds. The molecule has 0 aliphatic carbocycles. The Bertz CT molecular complexity index is 649. The first-order valence-electron chi connectivity index (χ1n) is 6.69. The number of pyridine rings is 1. The van der Waals surface area contributed by atoms with Crippen LogP contribution in [0.25, 0.3) is 0 Å². The molecule has 22 heavy (non-hydrogen) atoms. The molecule has 0 radical (unpaired) electrons. The Morgan fingerprint density at radius 1 is 1.36 bits per heavy atom. The quantitative estimate of drug-likeness (QED) is 0.586. The van der Waals surface area contributed by atoms with Gasteiger partial charge in [0.1, 0.15) is 16.5 Å². The van der Waals surface area contributed by atoms with Crippen molar-refractivity contribution in [3.05, 3.63) is 34.8 Å². The van der Waals surface area contributed by atoms with Crippen LogP contribution in [-0.4, -0.2) is 29.8 Å². The highest BCUT2D eigenvalue weighted by Crippen LogP contribution is 2.34. The normalized spacial score (nSPS) is 14.0. The van der Waals surface area contributed by atoms with Crippen LogP contribution in [-0.2, 0) is 20.7 Å². The molecule has 1 aromatic heterocycles. The molecule has 1 aliphatic heterocycles. The number of hydrogen-bond donors (Lipinski definition) is 0. The molecule has 0 fully saturated rings. The van der Waals surface area contributed by atoms with Crippen LogP contribution < -0.4 is 4.90 Å². The SMILES string of the molecule is COC(=O)C1=CCc2c(ccnc2Cl)N1C(=O)OC(C)(C)C. The molecule has 2 rings (SSSR count). The molecular weight excluding hydrogens is 308 g/mol. The lowest BCUT2D eigenvalue weighted by atomic mass is 10.1. The lowest BCUT2D eigenvalue weighted by Crippen LogP contribution is -2.40. The molecular formula is C15H17ClN2O4. The third-order valence-electron chi connectivity index (χ3n) is 2.93. The van der Waals surface area contributed by atoms with E-state index in [1.165, 1.54) is 18.2 Å². The summed E-state index contributed by atoms with van der Waals surface area (Å²) in [6, 6.07) is 1.61. The number of amides is 1.